The smallest absolute Gasteiger partial charge is 0.407 e. The largest absolute Gasteiger partial charge is 0.465 e. The van der Waals surface area contributed by atoms with Gasteiger partial charge < -0.3 is 24.5 Å². The number of aromatic nitrogens is 2. The molecule has 1 aromatic heterocycles. The number of unbranched alkanes of at least 4 members (excludes halogenated alkanes) is 1. The first kappa shape index (κ1) is 28.2. The van der Waals surface area contributed by atoms with Crippen LogP contribution in [0.2, 0.25) is 0 Å². The summed E-state index contributed by atoms with van der Waals surface area (Å²) in [7, 11) is 2.16. The van der Waals surface area contributed by atoms with Crippen LogP contribution in [0.4, 0.5) is 16.3 Å². The summed E-state index contributed by atoms with van der Waals surface area (Å²) in [6, 6.07) is 14.2. The van der Waals surface area contributed by atoms with Crippen LogP contribution in [0.25, 0.3) is 10.8 Å². The molecule has 3 atom stereocenters. The highest BCUT2D eigenvalue weighted by Crippen LogP contribution is 2.38. The van der Waals surface area contributed by atoms with Crippen LogP contribution in [0.5, 0.6) is 6.01 Å². The SMILES string of the molecule is CCCCc1cccc2cccc(N3CCc4c(nc(OCC5CCCN5C)nc4N4C[C@H]5CC[C@@H](C4)N5C(=O)O)C3)c12. The number of fused-ring (bicyclic) bond motifs is 4. The van der Waals surface area contributed by atoms with Crippen LogP contribution >= 0.6 is 0 Å². The lowest BCUT2D eigenvalue weighted by Gasteiger charge is -2.41. The number of benzene rings is 2. The molecule has 0 saturated carbocycles. The Morgan fingerprint density at radius 1 is 1.02 bits per heavy atom. The van der Waals surface area contributed by atoms with Crippen molar-refractivity contribution in [2.75, 3.05) is 49.6 Å². The first-order chi connectivity index (χ1) is 21.0. The van der Waals surface area contributed by atoms with Crippen molar-refractivity contribution in [1.29, 1.82) is 0 Å². The van der Waals surface area contributed by atoms with Gasteiger partial charge in [-0.25, -0.2) is 4.79 Å². The Hall–Kier alpha value is -3.59. The molecule has 9 heteroatoms. The average Bonchev–Trinajstić information content (AvgIpc) is 3.56. The maximum absolute atomic E-state index is 12.0. The normalized spacial score (nSPS) is 23.7. The molecule has 0 radical (unpaired) electrons. The van der Waals surface area contributed by atoms with Gasteiger partial charge in [0, 0.05) is 42.3 Å². The summed E-state index contributed by atoms with van der Waals surface area (Å²) in [4.78, 5) is 30.9. The molecule has 228 valence electrons. The van der Waals surface area contributed by atoms with Gasteiger partial charge in [0.1, 0.15) is 12.4 Å². The van der Waals surface area contributed by atoms with E-state index in [4.69, 9.17) is 14.7 Å². The van der Waals surface area contributed by atoms with Crippen LogP contribution in [0.3, 0.4) is 0 Å². The molecule has 3 saturated heterocycles. The average molecular weight is 585 g/mol. The number of aryl methyl sites for hydroxylation is 1. The van der Waals surface area contributed by atoms with Crippen molar-refractivity contribution in [3.63, 3.8) is 0 Å². The zero-order valence-corrected chi connectivity index (χ0v) is 25.5. The van der Waals surface area contributed by atoms with Gasteiger partial charge >= 0.3 is 12.1 Å². The molecule has 0 aliphatic carbocycles. The minimum absolute atomic E-state index is 0.00989. The maximum Gasteiger partial charge on any atom is 0.407 e. The molecular formula is C34H44N6O3. The Bertz CT molecular complexity index is 1480. The number of likely N-dealkylation sites (N-methyl/N-ethyl adjacent to an activating group) is 1. The lowest BCUT2D eigenvalue weighted by atomic mass is 9.96. The number of anilines is 2. The predicted molar refractivity (Wildman–Crippen MR) is 169 cm³/mol. The zero-order chi connectivity index (χ0) is 29.5. The molecule has 1 N–H and O–H groups in total. The topological polar surface area (TPSA) is 85.3 Å². The fraction of sp³-hybridized carbons (Fsp3) is 0.559. The lowest BCUT2D eigenvalue weighted by molar-refractivity contribution is 0.114. The van der Waals surface area contributed by atoms with E-state index < -0.39 is 6.09 Å². The number of piperazine rings is 1. The third kappa shape index (κ3) is 5.37. The summed E-state index contributed by atoms with van der Waals surface area (Å²) < 4.78 is 6.35. The van der Waals surface area contributed by atoms with Crippen LogP contribution in [-0.4, -0.2) is 88.9 Å². The molecule has 2 aromatic carbocycles. The van der Waals surface area contributed by atoms with Crippen LogP contribution in [0.15, 0.2) is 36.4 Å². The number of likely N-dealkylation sites (tertiary alicyclic amines) is 1. The lowest BCUT2D eigenvalue weighted by Crippen LogP contribution is -2.56. The second-order valence-electron chi connectivity index (χ2n) is 12.9. The summed E-state index contributed by atoms with van der Waals surface area (Å²) in [6.07, 6.45) is 7.63. The van der Waals surface area contributed by atoms with Crippen LogP contribution in [0, 0.1) is 0 Å². The molecule has 43 heavy (non-hydrogen) atoms. The van der Waals surface area contributed by atoms with Crippen molar-refractivity contribution in [3.8, 4) is 6.01 Å². The fourth-order valence-electron chi connectivity index (χ4n) is 7.91. The van der Waals surface area contributed by atoms with Gasteiger partial charge in [-0.2, -0.15) is 9.97 Å². The number of hydrogen-bond donors (Lipinski definition) is 1. The molecule has 1 unspecified atom stereocenters. The minimum Gasteiger partial charge on any atom is -0.465 e. The molecule has 2 bridgehead atoms. The van der Waals surface area contributed by atoms with Gasteiger partial charge in [0.15, 0.2) is 0 Å². The number of nitrogens with zero attached hydrogens (tertiary/aromatic N) is 6. The van der Waals surface area contributed by atoms with E-state index >= 15 is 0 Å². The molecule has 3 fully saturated rings. The molecule has 4 aliphatic rings. The number of ether oxygens (including phenoxy) is 1. The number of amides is 1. The van der Waals surface area contributed by atoms with Gasteiger partial charge in [-0.15, -0.1) is 0 Å². The van der Waals surface area contributed by atoms with Crippen molar-refractivity contribution in [1.82, 2.24) is 19.8 Å². The summed E-state index contributed by atoms with van der Waals surface area (Å²) in [6.45, 7) is 6.87. The van der Waals surface area contributed by atoms with Gasteiger partial charge in [0.25, 0.3) is 0 Å². The first-order valence-corrected chi connectivity index (χ1v) is 16.2. The molecule has 3 aromatic rings. The van der Waals surface area contributed by atoms with Crippen LogP contribution < -0.4 is 14.5 Å². The highest BCUT2D eigenvalue weighted by molar-refractivity contribution is 5.97. The third-order valence-electron chi connectivity index (χ3n) is 10.2. The molecule has 5 heterocycles. The monoisotopic (exact) mass is 584 g/mol. The first-order valence-electron chi connectivity index (χ1n) is 16.2. The van der Waals surface area contributed by atoms with Gasteiger partial charge in [-0.05, 0) is 75.6 Å². The van der Waals surface area contributed by atoms with E-state index in [0.29, 0.717) is 38.3 Å². The number of rotatable bonds is 8. The Morgan fingerprint density at radius 2 is 1.81 bits per heavy atom. The van der Waals surface area contributed by atoms with E-state index in [1.54, 1.807) is 4.90 Å². The quantitative estimate of drug-likeness (QED) is 0.380. The van der Waals surface area contributed by atoms with Crippen molar-refractivity contribution in [2.45, 2.75) is 83.0 Å². The molecule has 7 rings (SSSR count). The van der Waals surface area contributed by atoms with Crippen LogP contribution in [0.1, 0.15) is 62.3 Å². The highest BCUT2D eigenvalue weighted by atomic mass is 16.5. The van der Waals surface area contributed by atoms with Crippen LogP contribution in [-0.2, 0) is 19.4 Å². The summed E-state index contributed by atoms with van der Waals surface area (Å²) >= 11 is 0. The Balaban J connectivity index is 1.22. The predicted octanol–water partition coefficient (Wildman–Crippen LogP) is 5.34. The standard InChI is InChI=1S/C34H44N6O3/c1-3-4-8-23-9-5-10-24-11-6-13-30(31(23)24)38-18-16-28-29(21-38)35-33(43-22-27-12-7-17-37(27)2)36-32(28)39-19-25-14-15-26(20-39)40(25)34(41)42/h5-6,9-11,13,25-27H,3-4,7-8,12,14-22H2,1-2H3,(H,41,42)/t25-,26+,27?. The molecule has 1 amide bonds. The molecule has 0 spiro atoms. The van der Waals surface area contributed by atoms with E-state index in [-0.39, 0.29) is 12.1 Å². The molecule has 4 aliphatic heterocycles. The zero-order valence-electron chi connectivity index (χ0n) is 25.5. The van der Waals surface area contributed by atoms with Gasteiger partial charge in [-0.3, -0.25) is 4.90 Å². The van der Waals surface area contributed by atoms with Crippen molar-refractivity contribution < 1.29 is 14.6 Å². The minimum atomic E-state index is -0.800. The van der Waals surface area contributed by atoms with E-state index in [1.165, 1.54) is 46.8 Å². The van der Waals surface area contributed by atoms with E-state index in [2.05, 4.69) is 65.1 Å². The molecule has 9 nitrogen and oxygen atoms in total. The Kier molecular flexibility index (Phi) is 7.76. The van der Waals surface area contributed by atoms with E-state index in [0.717, 1.165) is 56.7 Å². The summed E-state index contributed by atoms with van der Waals surface area (Å²) in [5, 5.41) is 12.5. The fourth-order valence-corrected chi connectivity index (χ4v) is 7.91. The number of carbonyl (C=O) groups is 1. The van der Waals surface area contributed by atoms with Gasteiger partial charge in [0.05, 0.1) is 24.3 Å². The van der Waals surface area contributed by atoms with Gasteiger partial charge in [0.2, 0.25) is 0 Å². The maximum atomic E-state index is 12.0. The third-order valence-corrected chi connectivity index (χ3v) is 10.2. The number of carboxylic acid groups (broad SMARTS) is 1. The Labute approximate surface area is 254 Å². The van der Waals surface area contributed by atoms with Crippen molar-refractivity contribution in [2.24, 2.45) is 0 Å². The second-order valence-corrected chi connectivity index (χ2v) is 12.9. The van der Waals surface area contributed by atoms with E-state index in [1.807, 2.05) is 0 Å². The highest BCUT2D eigenvalue weighted by Gasteiger charge is 2.44. The summed E-state index contributed by atoms with van der Waals surface area (Å²) in [5.74, 6) is 0.947. The number of hydrogen-bond acceptors (Lipinski definition) is 7. The van der Waals surface area contributed by atoms with Crippen molar-refractivity contribution >= 4 is 28.4 Å². The van der Waals surface area contributed by atoms with Crippen molar-refractivity contribution in [3.05, 3.63) is 53.2 Å². The van der Waals surface area contributed by atoms with E-state index in [9.17, 15) is 9.90 Å². The van der Waals surface area contributed by atoms with Gasteiger partial charge in [-0.1, -0.05) is 43.7 Å². The Morgan fingerprint density at radius 3 is 2.53 bits per heavy atom. The second kappa shape index (κ2) is 11.8. The molecular weight excluding hydrogens is 540 g/mol. The summed E-state index contributed by atoms with van der Waals surface area (Å²) in [5.41, 5.74) is 4.91.